The maximum Gasteiger partial charge on any atom is 0.337 e. The van der Waals surface area contributed by atoms with Gasteiger partial charge in [0.25, 0.3) is 0 Å². The van der Waals surface area contributed by atoms with Crippen LogP contribution in [0.15, 0.2) is 11.4 Å². The molecule has 0 saturated carbocycles. The average molecular weight is 194 g/mol. The molecule has 0 aliphatic heterocycles. The zero-order valence-electron chi connectivity index (χ0n) is 7.89. The van der Waals surface area contributed by atoms with Gasteiger partial charge in [0.2, 0.25) is 0 Å². The second kappa shape index (κ2) is 3.91. The summed E-state index contributed by atoms with van der Waals surface area (Å²) in [7, 11) is 0. The van der Waals surface area contributed by atoms with Crippen LogP contribution < -0.4 is 5.73 Å². The molecule has 0 aromatic carbocycles. The summed E-state index contributed by atoms with van der Waals surface area (Å²) in [6.45, 7) is 3.74. The van der Waals surface area contributed by atoms with E-state index in [1.165, 1.54) is 6.20 Å². The van der Waals surface area contributed by atoms with Gasteiger partial charge in [0, 0.05) is 11.1 Å². The van der Waals surface area contributed by atoms with E-state index in [0.717, 1.165) is 0 Å². The summed E-state index contributed by atoms with van der Waals surface area (Å²) in [4.78, 5) is 28.8. The number of rotatable bonds is 2. The van der Waals surface area contributed by atoms with E-state index in [2.05, 4.69) is 15.1 Å². The number of nitrogens with zero attached hydrogens (tertiary/aromatic N) is 3. The molecule has 1 heterocycles. The smallest absolute Gasteiger partial charge is 0.337 e. The predicted molar refractivity (Wildman–Crippen MR) is 50.7 cm³/mol. The molecular weight excluding hydrogens is 184 g/mol. The molecule has 1 amide bonds. The third-order valence-electron chi connectivity index (χ3n) is 1.64. The molecule has 0 spiro atoms. The maximum atomic E-state index is 11.0. The molecule has 6 nitrogen and oxygen atoms in total. The standard InChI is InChI=1S/C8H10N4O2/c1-4(2)7-10-3-5(9)6(11-7)8(13)12-14/h3-4H,9H2,1-2H3. The van der Waals surface area contributed by atoms with Gasteiger partial charge in [-0.15, -0.1) is 4.91 Å². The van der Waals surface area contributed by atoms with Crippen LogP contribution in [-0.4, -0.2) is 15.9 Å². The molecule has 1 aromatic heterocycles. The molecule has 0 aliphatic carbocycles. The van der Waals surface area contributed by atoms with E-state index in [9.17, 15) is 9.70 Å². The zero-order valence-corrected chi connectivity index (χ0v) is 7.89. The Bertz CT molecular complexity index is 376. The van der Waals surface area contributed by atoms with Crippen molar-refractivity contribution >= 4 is 11.6 Å². The summed E-state index contributed by atoms with van der Waals surface area (Å²) in [5, 5.41) is 2.26. The van der Waals surface area contributed by atoms with Gasteiger partial charge in [0.05, 0.1) is 11.9 Å². The van der Waals surface area contributed by atoms with E-state index in [1.807, 2.05) is 13.8 Å². The predicted octanol–water partition coefficient (Wildman–Crippen LogP) is 1.09. The van der Waals surface area contributed by atoms with Gasteiger partial charge < -0.3 is 5.73 Å². The number of nitrogen functional groups attached to an aromatic ring is 1. The number of anilines is 1. The van der Waals surface area contributed by atoms with E-state index >= 15 is 0 Å². The molecule has 14 heavy (non-hydrogen) atoms. The third-order valence-corrected chi connectivity index (χ3v) is 1.64. The summed E-state index contributed by atoms with van der Waals surface area (Å²) in [5.74, 6) is -0.438. The normalized spacial score (nSPS) is 10.2. The van der Waals surface area contributed by atoms with Crippen molar-refractivity contribution in [2.75, 3.05) is 5.73 Å². The Morgan fingerprint density at radius 2 is 2.21 bits per heavy atom. The van der Waals surface area contributed by atoms with E-state index < -0.39 is 5.91 Å². The first-order chi connectivity index (χ1) is 6.56. The van der Waals surface area contributed by atoms with Crippen LogP contribution in [0.4, 0.5) is 5.69 Å². The largest absolute Gasteiger partial charge is 0.396 e. The van der Waals surface area contributed by atoms with Crippen molar-refractivity contribution < 1.29 is 4.79 Å². The highest BCUT2D eigenvalue weighted by Crippen LogP contribution is 2.14. The van der Waals surface area contributed by atoms with Crippen LogP contribution in [0.25, 0.3) is 0 Å². The van der Waals surface area contributed by atoms with Crippen molar-refractivity contribution in [2.24, 2.45) is 5.18 Å². The summed E-state index contributed by atoms with van der Waals surface area (Å²) in [6, 6.07) is 0. The highest BCUT2D eigenvalue weighted by atomic mass is 16.3. The van der Waals surface area contributed by atoms with E-state index in [0.29, 0.717) is 5.82 Å². The van der Waals surface area contributed by atoms with Crippen LogP contribution in [0, 0.1) is 4.91 Å². The van der Waals surface area contributed by atoms with Crippen LogP contribution in [0.5, 0.6) is 0 Å². The third kappa shape index (κ3) is 1.90. The molecule has 0 aliphatic rings. The van der Waals surface area contributed by atoms with Crippen molar-refractivity contribution in [3.63, 3.8) is 0 Å². The van der Waals surface area contributed by atoms with Crippen molar-refractivity contribution in [1.82, 2.24) is 9.97 Å². The fraction of sp³-hybridized carbons (Fsp3) is 0.375. The Hall–Kier alpha value is -1.85. The molecule has 0 bridgehead atoms. The van der Waals surface area contributed by atoms with Gasteiger partial charge in [0.1, 0.15) is 5.82 Å². The number of carbonyl (C=O) groups excluding carboxylic acids is 1. The Balaban J connectivity index is 3.21. The van der Waals surface area contributed by atoms with Gasteiger partial charge in [0.15, 0.2) is 5.69 Å². The average Bonchev–Trinajstić information content (AvgIpc) is 2.17. The van der Waals surface area contributed by atoms with Crippen LogP contribution in [0.3, 0.4) is 0 Å². The number of aromatic nitrogens is 2. The molecule has 74 valence electrons. The van der Waals surface area contributed by atoms with Crippen molar-refractivity contribution in [3.8, 4) is 0 Å². The van der Waals surface area contributed by atoms with Gasteiger partial charge in [-0.3, -0.25) is 4.79 Å². The molecule has 6 heteroatoms. The van der Waals surface area contributed by atoms with Gasteiger partial charge in [-0.25, -0.2) is 9.97 Å². The van der Waals surface area contributed by atoms with Gasteiger partial charge in [-0.2, -0.15) is 0 Å². The number of hydrogen-bond acceptors (Lipinski definition) is 5. The minimum atomic E-state index is -0.966. The number of nitroso groups, excluding NO2 is 1. The summed E-state index contributed by atoms with van der Waals surface area (Å²) in [6.07, 6.45) is 1.31. The van der Waals surface area contributed by atoms with Crippen molar-refractivity contribution in [3.05, 3.63) is 22.6 Å². The van der Waals surface area contributed by atoms with Crippen LogP contribution >= 0.6 is 0 Å². The number of carbonyl (C=O) groups is 1. The lowest BCUT2D eigenvalue weighted by atomic mass is 10.2. The summed E-state index contributed by atoms with van der Waals surface area (Å²) in [5.41, 5.74) is 5.36. The van der Waals surface area contributed by atoms with Crippen molar-refractivity contribution in [1.29, 1.82) is 0 Å². The molecule has 2 N–H and O–H groups in total. The quantitative estimate of drug-likeness (QED) is 0.710. The first-order valence-corrected chi connectivity index (χ1v) is 4.06. The molecule has 0 radical (unpaired) electrons. The molecule has 0 atom stereocenters. The van der Waals surface area contributed by atoms with Crippen LogP contribution in [0.2, 0.25) is 0 Å². The molecule has 0 fully saturated rings. The Kier molecular flexibility index (Phi) is 2.85. The molecule has 0 saturated heterocycles. The monoisotopic (exact) mass is 194 g/mol. The number of amides is 1. The fourth-order valence-electron chi connectivity index (χ4n) is 0.897. The first kappa shape index (κ1) is 10.2. The van der Waals surface area contributed by atoms with Crippen LogP contribution in [0.1, 0.15) is 36.1 Å². The second-order valence-corrected chi connectivity index (χ2v) is 3.08. The SMILES string of the molecule is CC(C)c1ncc(N)c(C(=O)N=O)n1. The van der Waals surface area contributed by atoms with Crippen molar-refractivity contribution in [2.45, 2.75) is 19.8 Å². The van der Waals surface area contributed by atoms with Gasteiger partial charge in [-0.1, -0.05) is 13.8 Å². The summed E-state index contributed by atoms with van der Waals surface area (Å²) < 4.78 is 0. The Labute approximate surface area is 80.5 Å². The highest BCUT2D eigenvalue weighted by molar-refractivity contribution is 5.97. The van der Waals surface area contributed by atoms with Gasteiger partial charge >= 0.3 is 5.91 Å². The summed E-state index contributed by atoms with van der Waals surface area (Å²) >= 11 is 0. The Morgan fingerprint density at radius 1 is 1.57 bits per heavy atom. The second-order valence-electron chi connectivity index (χ2n) is 3.08. The lowest BCUT2D eigenvalue weighted by Crippen LogP contribution is -2.09. The van der Waals surface area contributed by atoms with Gasteiger partial charge in [-0.05, 0) is 0 Å². The van der Waals surface area contributed by atoms with E-state index in [-0.39, 0.29) is 17.3 Å². The minimum Gasteiger partial charge on any atom is -0.396 e. The zero-order chi connectivity index (χ0) is 10.7. The lowest BCUT2D eigenvalue weighted by Gasteiger charge is -2.05. The maximum absolute atomic E-state index is 11.0. The molecule has 1 aromatic rings. The van der Waals surface area contributed by atoms with Crippen LogP contribution in [-0.2, 0) is 0 Å². The number of nitrogens with two attached hydrogens (primary N) is 1. The lowest BCUT2D eigenvalue weighted by molar-refractivity contribution is 0.0996. The topological polar surface area (TPSA) is 98.3 Å². The highest BCUT2D eigenvalue weighted by Gasteiger charge is 2.14. The minimum absolute atomic E-state index is 0.0637. The molecular formula is C8H10N4O2. The number of hydrogen-bond donors (Lipinski definition) is 1. The first-order valence-electron chi connectivity index (χ1n) is 4.06. The Morgan fingerprint density at radius 3 is 2.71 bits per heavy atom. The fourth-order valence-corrected chi connectivity index (χ4v) is 0.897. The molecule has 0 unspecified atom stereocenters. The van der Waals surface area contributed by atoms with E-state index in [4.69, 9.17) is 5.73 Å². The molecule has 1 rings (SSSR count). The van der Waals surface area contributed by atoms with E-state index in [1.54, 1.807) is 0 Å².